The molecule has 0 unspecified atom stereocenters. The molecule has 3 aromatic carbocycles. The van der Waals surface area contributed by atoms with Crippen molar-refractivity contribution in [3.8, 4) is 0 Å². The molecule has 0 saturated carbocycles. The number of rotatable bonds is 9. The molecule has 8 heteroatoms. The van der Waals surface area contributed by atoms with E-state index in [1.807, 2.05) is 13.8 Å². The van der Waals surface area contributed by atoms with E-state index in [0.29, 0.717) is 6.54 Å². The van der Waals surface area contributed by atoms with Crippen molar-refractivity contribution in [3.05, 3.63) is 93.5 Å². The first kappa shape index (κ1) is 25.1. The van der Waals surface area contributed by atoms with Crippen LogP contribution in [0.2, 0.25) is 10.0 Å². The van der Waals surface area contributed by atoms with Crippen LogP contribution >= 0.6 is 23.2 Å². The Labute approximate surface area is 205 Å². The fourth-order valence-corrected chi connectivity index (χ4v) is 5.22. The molecule has 174 valence electrons. The molecule has 0 saturated heterocycles. The lowest BCUT2D eigenvalue weighted by molar-refractivity contribution is -0.119. The first-order valence-electron chi connectivity index (χ1n) is 10.5. The molecule has 0 atom stereocenters. The van der Waals surface area contributed by atoms with Crippen LogP contribution in [0.4, 0.5) is 5.69 Å². The zero-order valence-corrected chi connectivity index (χ0v) is 20.8. The van der Waals surface area contributed by atoms with E-state index in [1.54, 1.807) is 12.1 Å². The lowest BCUT2D eigenvalue weighted by atomic mass is 10.1. The van der Waals surface area contributed by atoms with Gasteiger partial charge >= 0.3 is 0 Å². The molecule has 0 heterocycles. The quantitative estimate of drug-likeness (QED) is 0.388. The standard InChI is InChI=1S/C25H26Cl2N2O3S/c1-18-5-9-20(10-6-18)4-3-13-28-25(30)17-29(23-15-21(26)14-22(27)16-23)33(31,32)24-11-7-19(2)8-12-24/h5-12,14-16H,3-4,13,17H2,1-2H3,(H,28,30). The second kappa shape index (κ2) is 11.1. The molecule has 3 rings (SSSR count). The molecule has 0 fully saturated rings. The molecule has 5 nitrogen and oxygen atoms in total. The number of nitrogens with zero attached hydrogens (tertiary/aromatic N) is 1. The van der Waals surface area contributed by atoms with Crippen molar-refractivity contribution in [1.29, 1.82) is 0 Å². The normalized spacial score (nSPS) is 11.3. The van der Waals surface area contributed by atoms with Gasteiger partial charge in [-0.2, -0.15) is 0 Å². The first-order chi connectivity index (χ1) is 15.6. The number of sulfonamides is 1. The smallest absolute Gasteiger partial charge is 0.264 e. The van der Waals surface area contributed by atoms with Crippen molar-refractivity contribution in [1.82, 2.24) is 5.32 Å². The average Bonchev–Trinajstić information content (AvgIpc) is 2.76. The van der Waals surface area contributed by atoms with E-state index in [0.717, 1.165) is 22.7 Å². The summed E-state index contributed by atoms with van der Waals surface area (Å²) in [5, 5.41) is 3.37. The molecular weight excluding hydrogens is 479 g/mol. The Morgan fingerprint density at radius 1 is 0.879 bits per heavy atom. The minimum atomic E-state index is -4.02. The van der Waals surface area contributed by atoms with Crippen LogP contribution in [-0.2, 0) is 21.2 Å². The van der Waals surface area contributed by atoms with Crippen molar-refractivity contribution in [2.45, 2.75) is 31.6 Å². The van der Waals surface area contributed by atoms with Crippen molar-refractivity contribution in [2.24, 2.45) is 0 Å². The Balaban J connectivity index is 1.74. The average molecular weight is 505 g/mol. The number of carbonyl (C=O) groups excluding carboxylic acids is 1. The summed E-state index contributed by atoms with van der Waals surface area (Å²) in [5.41, 5.74) is 3.54. The summed E-state index contributed by atoms with van der Waals surface area (Å²) in [6.07, 6.45) is 1.55. The third kappa shape index (κ3) is 6.97. The SMILES string of the molecule is Cc1ccc(CCCNC(=O)CN(c2cc(Cl)cc(Cl)c2)S(=O)(=O)c2ccc(C)cc2)cc1. The van der Waals surface area contributed by atoms with E-state index >= 15 is 0 Å². The lowest BCUT2D eigenvalue weighted by Gasteiger charge is -2.24. The van der Waals surface area contributed by atoms with Crippen LogP contribution in [0.15, 0.2) is 71.6 Å². The number of hydrogen-bond donors (Lipinski definition) is 1. The summed E-state index contributed by atoms with van der Waals surface area (Å²) in [7, 11) is -4.02. The van der Waals surface area contributed by atoms with Crippen LogP contribution in [0.3, 0.4) is 0 Å². The van der Waals surface area contributed by atoms with Crippen molar-refractivity contribution < 1.29 is 13.2 Å². The van der Waals surface area contributed by atoms with E-state index < -0.39 is 22.5 Å². The number of nitrogens with one attached hydrogen (secondary N) is 1. The van der Waals surface area contributed by atoms with Crippen LogP contribution in [0.1, 0.15) is 23.1 Å². The van der Waals surface area contributed by atoms with Crippen LogP contribution in [-0.4, -0.2) is 27.4 Å². The second-order valence-electron chi connectivity index (χ2n) is 7.89. The first-order valence-corrected chi connectivity index (χ1v) is 12.7. The van der Waals surface area contributed by atoms with Gasteiger partial charge in [0, 0.05) is 16.6 Å². The monoisotopic (exact) mass is 504 g/mol. The Hall–Kier alpha value is -2.54. The van der Waals surface area contributed by atoms with Crippen LogP contribution in [0.25, 0.3) is 0 Å². The summed E-state index contributed by atoms with van der Waals surface area (Å²) in [4.78, 5) is 12.8. The van der Waals surface area contributed by atoms with E-state index in [9.17, 15) is 13.2 Å². The number of halogens is 2. The molecule has 0 aliphatic heterocycles. The molecule has 3 aromatic rings. The minimum Gasteiger partial charge on any atom is -0.355 e. The van der Waals surface area contributed by atoms with Gasteiger partial charge in [0.1, 0.15) is 6.54 Å². The van der Waals surface area contributed by atoms with Gasteiger partial charge in [0.15, 0.2) is 0 Å². The number of benzene rings is 3. The molecular formula is C25H26Cl2N2O3S. The molecule has 0 bridgehead atoms. The van der Waals surface area contributed by atoms with E-state index in [-0.39, 0.29) is 20.6 Å². The molecule has 1 amide bonds. The highest BCUT2D eigenvalue weighted by molar-refractivity contribution is 7.92. The summed E-state index contributed by atoms with van der Waals surface area (Å²) < 4.78 is 27.8. The number of amides is 1. The highest BCUT2D eigenvalue weighted by Crippen LogP contribution is 2.29. The van der Waals surface area contributed by atoms with Gasteiger partial charge in [0.05, 0.1) is 10.6 Å². The van der Waals surface area contributed by atoms with Gasteiger partial charge in [-0.05, 0) is 62.6 Å². The molecule has 0 aliphatic carbocycles. The van der Waals surface area contributed by atoms with Crippen LogP contribution in [0, 0.1) is 13.8 Å². The van der Waals surface area contributed by atoms with Crippen LogP contribution < -0.4 is 9.62 Å². The molecule has 0 spiro atoms. The van der Waals surface area contributed by atoms with Crippen molar-refractivity contribution in [3.63, 3.8) is 0 Å². The molecule has 0 aliphatic rings. The zero-order valence-electron chi connectivity index (χ0n) is 18.5. The van der Waals surface area contributed by atoms with Gasteiger partial charge < -0.3 is 5.32 Å². The fraction of sp³-hybridized carbons (Fsp3) is 0.240. The molecule has 0 radical (unpaired) electrons. The molecule has 0 aromatic heterocycles. The lowest BCUT2D eigenvalue weighted by Crippen LogP contribution is -2.41. The van der Waals surface area contributed by atoms with Gasteiger partial charge in [0.25, 0.3) is 10.0 Å². The highest BCUT2D eigenvalue weighted by atomic mass is 35.5. The number of carbonyl (C=O) groups is 1. The topological polar surface area (TPSA) is 66.5 Å². The summed E-state index contributed by atoms with van der Waals surface area (Å²) in [6.45, 7) is 3.95. The predicted molar refractivity (Wildman–Crippen MR) is 135 cm³/mol. The molecule has 33 heavy (non-hydrogen) atoms. The summed E-state index contributed by atoms with van der Waals surface area (Å²) >= 11 is 12.2. The Morgan fingerprint density at radius 3 is 2.00 bits per heavy atom. The van der Waals surface area contributed by atoms with Crippen molar-refractivity contribution in [2.75, 3.05) is 17.4 Å². The second-order valence-corrected chi connectivity index (χ2v) is 10.6. The Kier molecular flexibility index (Phi) is 8.40. The van der Waals surface area contributed by atoms with Gasteiger partial charge in [-0.25, -0.2) is 8.42 Å². The third-order valence-electron chi connectivity index (χ3n) is 5.12. The van der Waals surface area contributed by atoms with E-state index in [4.69, 9.17) is 23.2 Å². The minimum absolute atomic E-state index is 0.0800. The maximum Gasteiger partial charge on any atom is 0.264 e. The highest BCUT2D eigenvalue weighted by Gasteiger charge is 2.27. The maximum atomic E-state index is 13.4. The maximum absolute atomic E-state index is 13.4. The van der Waals surface area contributed by atoms with Gasteiger partial charge in [-0.15, -0.1) is 0 Å². The fourth-order valence-electron chi connectivity index (χ4n) is 3.30. The largest absolute Gasteiger partial charge is 0.355 e. The zero-order chi connectivity index (χ0) is 24.0. The summed E-state index contributed by atoms with van der Waals surface area (Å²) in [5.74, 6) is -0.411. The van der Waals surface area contributed by atoms with Crippen LogP contribution in [0.5, 0.6) is 0 Å². The predicted octanol–water partition coefficient (Wildman–Crippen LogP) is 5.55. The van der Waals surface area contributed by atoms with Gasteiger partial charge in [0.2, 0.25) is 5.91 Å². The van der Waals surface area contributed by atoms with Crippen molar-refractivity contribution >= 4 is 44.8 Å². The van der Waals surface area contributed by atoms with Gasteiger partial charge in [-0.1, -0.05) is 70.7 Å². The van der Waals surface area contributed by atoms with E-state index in [1.165, 1.54) is 41.5 Å². The summed E-state index contributed by atoms with van der Waals surface area (Å²) in [6, 6.07) is 19.2. The van der Waals surface area contributed by atoms with Gasteiger partial charge in [-0.3, -0.25) is 9.10 Å². The Morgan fingerprint density at radius 2 is 1.42 bits per heavy atom. The number of hydrogen-bond acceptors (Lipinski definition) is 3. The number of aryl methyl sites for hydroxylation is 3. The third-order valence-corrected chi connectivity index (χ3v) is 7.34. The van der Waals surface area contributed by atoms with E-state index in [2.05, 4.69) is 29.6 Å². The molecule has 1 N–H and O–H groups in total. The number of anilines is 1. The Bertz CT molecular complexity index is 1190.